The molecule has 1 saturated heterocycles. The SMILES string of the molecule is CC1(C(=O)O)CN(C(=O)C(Cc2cnc[nH]2)NC(=O)OCC2c3ccccc3-c3ccccc32)C1. The van der Waals surface area contributed by atoms with E-state index in [1.165, 1.54) is 11.2 Å². The molecule has 1 aliphatic carbocycles. The van der Waals surface area contributed by atoms with Crippen molar-refractivity contribution in [2.45, 2.75) is 25.3 Å². The van der Waals surface area contributed by atoms with Gasteiger partial charge in [0, 0.05) is 37.3 Å². The van der Waals surface area contributed by atoms with E-state index in [0.717, 1.165) is 22.3 Å². The second kappa shape index (κ2) is 8.90. The average Bonchev–Trinajstić information content (AvgIpc) is 3.46. The third kappa shape index (κ3) is 4.25. The smallest absolute Gasteiger partial charge is 0.407 e. The van der Waals surface area contributed by atoms with Crippen LogP contribution < -0.4 is 5.32 Å². The first kappa shape index (κ1) is 22.6. The number of imidazole rings is 1. The van der Waals surface area contributed by atoms with E-state index in [1.54, 1.807) is 13.1 Å². The van der Waals surface area contributed by atoms with Crippen molar-refractivity contribution in [3.8, 4) is 11.1 Å². The maximum Gasteiger partial charge on any atom is 0.407 e. The first-order valence-electron chi connectivity index (χ1n) is 11.5. The summed E-state index contributed by atoms with van der Waals surface area (Å²) in [5, 5.41) is 12.0. The molecule has 3 N–H and O–H groups in total. The van der Waals surface area contributed by atoms with E-state index in [0.29, 0.717) is 5.69 Å². The Labute approximate surface area is 202 Å². The van der Waals surface area contributed by atoms with Gasteiger partial charge in [0.05, 0.1) is 11.7 Å². The van der Waals surface area contributed by atoms with E-state index in [1.807, 2.05) is 36.4 Å². The van der Waals surface area contributed by atoms with Crippen LogP contribution in [0.3, 0.4) is 0 Å². The number of carbonyl (C=O) groups excluding carboxylic acids is 2. The molecular formula is C26H26N4O5. The number of aliphatic carboxylic acids is 1. The predicted molar refractivity (Wildman–Crippen MR) is 127 cm³/mol. The Balaban J connectivity index is 1.27. The number of nitrogens with zero attached hydrogens (tertiary/aromatic N) is 2. The summed E-state index contributed by atoms with van der Waals surface area (Å²) in [6.07, 6.45) is 2.56. The number of hydrogen-bond donors (Lipinski definition) is 3. The van der Waals surface area contributed by atoms with Crippen LogP contribution in [0.15, 0.2) is 61.1 Å². The minimum Gasteiger partial charge on any atom is -0.481 e. The maximum atomic E-state index is 13.1. The molecule has 1 unspecified atom stereocenters. The molecule has 2 aliphatic rings. The molecule has 5 rings (SSSR count). The fourth-order valence-electron chi connectivity index (χ4n) is 4.91. The van der Waals surface area contributed by atoms with Gasteiger partial charge in [-0.15, -0.1) is 0 Å². The van der Waals surface area contributed by atoms with E-state index < -0.39 is 23.5 Å². The number of hydrogen-bond acceptors (Lipinski definition) is 5. The van der Waals surface area contributed by atoms with Gasteiger partial charge < -0.3 is 25.0 Å². The molecule has 1 fully saturated rings. The van der Waals surface area contributed by atoms with E-state index >= 15 is 0 Å². The van der Waals surface area contributed by atoms with Crippen LogP contribution in [0.4, 0.5) is 4.79 Å². The third-order valence-electron chi connectivity index (χ3n) is 6.82. The summed E-state index contributed by atoms with van der Waals surface area (Å²) in [5.74, 6) is -1.40. The predicted octanol–water partition coefficient (Wildman–Crippen LogP) is 2.79. The van der Waals surface area contributed by atoms with E-state index in [9.17, 15) is 19.5 Å². The highest BCUT2D eigenvalue weighted by Crippen LogP contribution is 2.44. The second-order valence-electron chi connectivity index (χ2n) is 9.36. The lowest BCUT2D eigenvalue weighted by Gasteiger charge is -2.46. The van der Waals surface area contributed by atoms with Crippen LogP contribution in [0.5, 0.6) is 0 Å². The zero-order valence-corrected chi connectivity index (χ0v) is 19.2. The van der Waals surface area contributed by atoms with E-state index in [-0.39, 0.29) is 37.9 Å². The van der Waals surface area contributed by atoms with Gasteiger partial charge in [-0.05, 0) is 29.2 Å². The molecule has 2 amide bonds. The molecular weight excluding hydrogens is 448 g/mol. The number of fused-ring (bicyclic) bond motifs is 3. The number of ether oxygens (including phenoxy) is 1. The number of nitrogens with one attached hydrogen (secondary N) is 2. The van der Waals surface area contributed by atoms with Crippen molar-refractivity contribution < 1.29 is 24.2 Å². The fraction of sp³-hybridized carbons (Fsp3) is 0.308. The summed E-state index contributed by atoms with van der Waals surface area (Å²) >= 11 is 0. The van der Waals surface area contributed by atoms with Crippen LogP contribution in [0, 0.1) is 5.41 Å². The number of benzene rings is 2. The highest BCUT2D eigenvalue weighted by Gasteiger charge is 2.48. The molecule has 0 saturated carbocycles. The Morgan fingerprint density at radius 1 is 1.14 bits per heavy atom. The lowest BCUT2D eigenvalue weighted by molar-refractivity contribution is -0.164. The number of H-pyrrole nitrogens is 1. The summed E-state index contributed by atoms with van der Waals surface area (Å²) in [4.78, 5) is 45.7. The zero-order chi connectivity index (χ0) is 24.6. The topological polar surface area (TPSA) is 125 Å². The number of carbonyl (C=O) groups is 3. The normalized spacial score (nSPS) is 16.5. The van der Waals surface area contributed by atoms with Gasteiger partial charge in [0.1, 0.15) is 12.6 Å². The lowest BCUT2D eigenvalue weighted by atomic mass is 9.81. The molecule has 180 valence electrons. The number of aromatic amines is 1. The molecule has 9 heteroatoms. The quantitative estimate of drug-likeness (QED) is 0.484. The Bertz CT molecular complexity index is 1220. The van der Waals surface area contributed by atoms with Crippen molar-refractivity contribution in [2.24, 2.45) is 5.41 Å². The molecule has 1 aromatic heterocycles. The van der Waals surface area contributed by atoms with E-state index in [4.69, 9.17) is 4.74 Å². The van der Waals surface area contributed by atoms with E-state index in [2.05, 4.69) is 27.4 Å². The van der Waals surface area contributed by atoms with Gasteiger partial charge in [-0.3, -0.25) is 9.59 Å². The monoisotopic (exact) mass is 474 g/mol. The van der Waals surface area contributed by atoms with Crippen molar-refractivity contribution in [1.82, 2.24) is 20.2 Å². The molecule has 2 heterocycles. The molecule has 0 radical (unpaired) electrons. The van der Waals surface area contributed by atoms with Gasteiger partial charge in [0.15, 0.2) is 0 Å². The molecule has 1 atom stereocenters. The molecule has 1 aliphatic heterocycles. The molecule has 2 aromatic carbocycles. The first-order valence-corrected chi connectivity index (χ1v) is 11.5. The van der Waals surface area contributed by atoms with Crippen molar-refractivity contribution in [1.29, 1.82) is 0 Å². The summed E-state index contributed by atoms with van der Waals surface area (Å²) in [6, 6.07) is 15.2. The summed E-state index contributed by atoms with van der Waals surface area (Å²) in [5.41, 5.74) is 4.15. The van der Waals surface area contributed by atoms with Gasteiger partial charge in [-0.2, -0.15) is 0 Å². The Morgan fingerprint density at radius 3 is 2.34 bits per heavy atom. The third-order valence-corrected chi connectivity index (χ3v) is 6.82. The number of alkyl carbamates (subject to hydrolysis) is 1. The largest absolute Gasteiger partial charge is 0.481 e. The van der Waals surface area contributed by atoms with Crippen LogP contribution in [-0.4, -0.2) is 63.7 Å². The molecule has 0 spiro atoms. The van der Waals surface area contributed by atoms with Crippen LogP contribution in [0.1, 0.15) is 29.7 Å². The first-order chi connectivity index (χ1) is 16.9. The molecule has 35 heavy (non-hydrogen) atoms. The van der Waals surface area contributed by atoms with Crippen molar-refractivity contribution in [3.05, 3.63) is 77.9 Å². The maximum absolute atomic E-state index is 13.1. The van der Waals surface area contributed by atoms with Gasteiger partial charge in [0.2, 0.25) is 5.91 Å². The Hall–Kier alpha value is -4.14. The molecule has 3 aromatic rings. The number of rotatable bonds is 7. The van der Waals surface area contributed by atoms with Crippen LogP contribution in [0.2, 0.25) is 0 Å². The highest BCUT2D eigenvalue weighted by molar-refractivity contribution is 5.89. The van der Waals surface area contributed by atoms with Crippen LogP contribution >= 0.6 is 0 Å². The molecule has 9 nitrogen and oxygen atoms in total. The average molecular weight is 475 g/mol. The van der Waals surface area contributed by atoms with Crippen molar-refractivity contribution in [3.63, 3.8) is 0 Å². The number of likely N-dealkylation sites (tertiary alicyclic amines) is 1. The van der Waals surface area contributed by atoms with Crippen LogP contribution in [0.25, 0.3) is 11.1 Å². The lowest BCUT2D eigenvalue weighted by Crippen LogP contribution is -2.64. The highest BCUT2D eigenvalue weighted by atomic mass is 16.5. The minimum atomic E-state index is -0.974. The Morgan fingerprint density at radius 2 is 1.77 bits per heavy atom. The number of amides is 2. The fourth-order valence-corrected chi connectivity index (χ4v) is 4.91. The van der Waals surface area contributed by atoms with Crippen LogP contribution in [-0.2, 0) is 20.7 Å². The number of carboxylic acids is 1. The number of aromatic nitrogens is 2. The van der Waals surface area contributed by atoms with Gasteiger partial charge in [0.25, 0.3) is 0 Å². The summed E-state index contributed by atoms with van der Waals surface area (Å²) < 4.78 is 5.61. The van der Waals surface area contributed by atoms with Crippen molar-refractivity contribution in [2.75, 3.05) is 19.7 Å². The van der Waals surface area contributed by atoms with Crippen molar-refractivity contribution >= 4 is 18.0 Å². The summed E-state index contributed by atoms with van der Waals surface area (Å²) in [7, 11) is 0. The minimum absolute atomic E-state index is 0.0903. The Kier molecular flexibility index (Phi) is 5.76. The second-order valence-corrected chi connectivity index (χ2v) is 9.36. The number of carboxylic acid groups (broad SMARTS) is 1. The van der Waals surface area contributed by atoms with Gasteiger partial charge in [-0.1, -0.05) is 48.5 Å². The van der Waals surface area contributed by atoms with Gasteiger partial charge in [-0.25, -0.2) is 9.78 Å². The zero-order valence-electron chi connectivity index (χ0n) is 19.2. The standard InChI is InChI=1S/C26H26N4O5/c1-26(24(32)33)13-30(14-26)23(31)22(10-16-11-27-15-28-16)29-25(34)35-12-21-19-8-4-2-6-17(19)18-7-3-5-9-20(18)21/h2-9,11,15,21-22H,10,12-14H2,1H3,(H,27,28)(H,29,34)(H,32,33). The molecule has 0 bridgehead atoms. The van der Waals surface area contributed by atoms with Gasteiger partial charge >= 0.3 is 12.1 Å². The summed E-state index contributed by atoms with van der Waals surface area (Å²) in [6.45, 7) is 1.91.